The zero-order valence-electron chi connectivity index (χ0n) is 31.9. The van der Waals surface area contributed by atoms with Crippen LogP contribution >= 0.6 is 0 Å². The average Bonchev–Trinajstić information content (AvgIpc) is 3.77. The van der Waals surface area contributed by atoms with E-state index in [1.807, 2.05) is 0 Å². The van der Waals surface area contributed by atoms with E-state index in [1.54, 1.807) is 0 Å². The second-order valence-corrected chi connectivity index (χ2v) is 16.4. The second kappa shape index (κ2) is 11.6. The molecule has 8 aromatic rings. The van der Waals surface area contributed by atoms with Gasteiger partial charge >= 0.3 is 0 Å². The summed E-state index contributed by atoms with van der Waals surface area (Å²) in [6, 6.07) is 61.6. The zero-order valence-corrected chi connectivity index (χ0v) is 31.9. The standard InChI is InChI=1S/C51H40N6/c1-33-32-50(2)39-25-13-17-29-43(39)57-47-46(52-40-26-14-15-27-41(40)53-47)55(37-22-8-5-9-23-37)49(57)51(50,3)48-54(36-20-6-4-7-21-36)44-30-34-18-10-11-19-35(34)31-45(44)56(48)42-28-16-12-24-38(33)42/h4-31,48-49H,1,32H2,2-3H3. The summed E-state index contributed by atoms with van der Waals surface area (Å²) < 4.78 is 0. The summed E-state index contributed by atoms with van der Waals surface area (Å²) >= 11 is 0. The molecule has 4 atom stereocenters. The number of hydrogen-bond donors (Lipinski definition) is 0. The molecule has 0 aliphatic carbocycles. The molecular formula is C51H40N6. The number of fused-ring (bicyclic) bond motifs is 16. The van der Waals surface area contributed by atoms with E-state index in [4.69, 9.17) is 16.5 Å². The molecule has 0 saturated carbocycles. The molecule has 4 aliphatic heterocycles. The van der Waals surface area contributed by atoms with Gasteiger partial charge in [-0.1, -0.05) is 130 Å². The summed E-state index contributed by atoms with van der Waals surface area (Å²) in [4.78, 5) is 21.3. The van der Waals surface area contributed by atoms with E-state index >= 15 is 0 Å². The van der Waals surface area contributed by atoms with E-state index in [-0.39, 0.29) is 12.3 Å². The molecule has 0 saturated heterocycles. The number of aromatic nitrogens is 2. The Balaban J connectivity index is 1.25. The van der Waals surface area contributed by atoms with Crippen molar-refractivity contribution in [1.82, 2.24) is 9.97 Å². The summed E-state index contributed by atoms with van der Waals surface area (Å²) in [5, 5.41) is 2.43. The summed E-state index contributed by atoms with van der Waals surface area (Å²) in [7, 11) is 0. The highest BCUT2D eigenvalue weighted by Gasteiger charge is 2.69. The molecule has 7 aromatic carbocycles. The lowest BCUT2D eigenvalue weighted by Crippen LogP contribution is -2.71. The molecule has 12 rings (SSSR count). The first-order valence-electron chi connectivity index (χ1n) is 19.9. The van der Waals surface area contributed by atoms with Gasteiger partial charge in [0.25, 0.3) is 0 Å². The zero-order chi connectivity index (χ0) is 38.0. The third-order valence-electron chi connectivity index (χ3n) is 13.5. The Morgan fingerprint density at radius 2 is 0.982 bits per heavy atom. The molecule has 1 aromatic heterocycles. The number of hydrogen-bond acceptors (Lipinski definition) is 6. The molecule has 6 heteroatoms. The van der Waals surface area contributed by atoms with Crippen LogP contribution in [0.15, 0.2) is 176 Å². The van der Waals surface area contributed by atoms with Crippen molar-refractivity contribution in [3.63, 3.8) is 0 Å². The van der Waals surface area contributed by atoms with Gasteiger partial charge in [-0.3, -0.25) is 0 Å². The van der Waals surface area contributed by atoms with Gasteiger partial charge in [-0.05, 0) is 89.0 Å². The van der Waals surface area contributed by atoms with Crippen LogP contribution in [0, 0.1) is 5.41 Å². The highest BCUT2D eigenvalue weighted by Crippen LogP contribution is 2.69. The Bertz CT molecular complexity index is 2950. The van der Waals surface area contributed by atoms with E-state index in [2.05, 4.69) is 203 Å². The van der Waals surface area contributed by atoms with E-state index in [0.29, 0.717) is 0 Å². The van der Waals surface area contributed by atoms with Crippen LogP contribution in [0.1, 0.15) is 31.4 Å². The van der Waals surface area contributed by atoms with Gasteiger partial charge in [0, 0.05) is 28.0 Å². The Morgan fingerprint density at radius 3 is 1.65 bits per heavy atom. The van der Waals surface area contributed by atoms with Crippen LogP contribution in [-0.4, -0.2) is 22.3 Å². The number of benzene rings is 7. The maximum Gasteiger partial charge on any atom is 0.179 e. The first kappa shape index (κ1) is 32.3. The van der Waals surface area contributed by atoms with Crippen LogP contribution in [-0.2, 0) is 5.41 Å². The molecule has 4 unspecified atom stereocenters. The molecule has 0 bridgehead atoms. The van der Waals surface area contributed by atoms with Crippen molar-refractivity contribution in [3.05, 3.63) is 188 Å². The van der Waals surface area contributed by atoms with Gasteiger partial charge in [0.2, 0.25) is 0 Å². The monoisotopic (exact) mass is 736 g/mol. The van der Waals surface area contributed by atoms with Crippen LogP contribution < -0.4 is 19.6 Å². The summed E-state index contributed by atoms with van der Waals surface area (Å²) in [6.07, 6.45) is 0.281. The Morgan fingerprint density at radius 1 is 0.491 bits per heavy atom. The van der Waals surface area contributed by atoms with Gasteiger partial charge in [-0.2, -0.15) is 0 Å². The second-order valence-electron chi connectivity index (χ2n) is 16.4. The van der Waals surface area contributed by atoms with Crippen molar-refractivity contribution in [3.8, 4) is 0 Å². The smallest absolute Gasteiger partial charge is 0.179 e. The lowest BCUT2D eigenvalue weighted by atomic mass is 9.52. The molecule has 5 heterocycles. The third kappa shape index (κ3) is 4.19. The Hall–Kier alpha value is -6.92. The minimum absolute atomic E-state index is 0.221. The predicted molar refractivity (Wildman–Crippen MR) is 234 cm³/mol. The number of para-hydroxylation sites is 6. The normalized spacial score (nSPS) is 22.9. The molecule has 0 N–H and O–H groups in total. The minimum atomic E-state index is -0.594. The largest absolute Gasteiger partial charge is 0.317 e. The molecule has 0 spiro atoms. The summed E-state index contributed by atoms with van der Waals surface area (Å²) in [5.41, 5.74) is 11.2. The van der Waals surface area contributed by atoms with Crippen LogP contribution in [0.2, 0.25) is 0 Å². The van der Waals surface area contributed by atoms with Gasteiger partial charge in [-0.25, -0.2) is 9.97 Å². The molecule has 6 nitrogen and oxygen atoms in total. The Labute approximate surface area is 332 Å². The van der Waals surface area contributed by atoms with Crippen molar-refractivity contribution in [2.45, 2.75) is 38.0 Å². The number of allylic oxidation sites excluding steroid dienone is 1. The average molecular weight is 737 g/mol. The first-order valence-corrected chi connectivity index (χ1v) is 19.9. The van der Waals surface area contributed by atoms with Crippen molar-refractivity contribution < 1.29 is 0 Å². The predicted octanol–water partition coefficient (Wildman–Crippen LogP) is 12.4. The maximum atomic E-state index is 5.52. The van der Waals surface area contributed by atoms with Crippen LogP contribution in [0.3, 0.4) is 0 Å². The highest BCUT2D eigenvalue weighted by molar-refractivity contribution is 6.01. The molecular weight excluding hydrogens is 697 g/mol. The number of anilines is 8. The van der Waals surface area contributed by atoms with Crippen LogP contribution in [0.25, 0.3) is 27.4 Å². The minimum Gasteiger partial charge on any atom is -0.317 e. The quantitative estimate of drug-likeness (QED) is 0.176. The van der Waals surface area contributed by atoms with E-state index in [9.17, 15) is 0 Å². The Kier molecular flexibility index (Phi) is 6.56. The van der Waals surface area contributed by atoms with Crippen LogP contribution in [0.5, 0.6) is 0 Å². The topological polar surface area (TPSA) is 38.7 Å². The third-order valence-corrected chi connectivity index (χ3v) is 13.5. The summed E-state index contributed by atoms with van der Waals surface area (Å²) in [5.74, 6) is 1.74. The van der Waals surface area contributed by atoms with E-state index in [0.717, 1.165) is 51.7 Å². The van der Waals surface area contributed by atoms with Gasteiger partial charge in [0.05, 0.1) is 33.5 Å². The molecule has 0 radical (unpaired) electrons. The first-order chi connectivity index (χ1) is 28.0. The number of rotatable bonds is 2. The highest BCUT2D eigenvalue weighted by atomic mass is 15.5. The van der Waals surface area contributed by atoms with E-state index < -0.39 is 10.8 Å². The van der Waals surface area contributed by atoms with Crippen molar-refractivity contribution in [2.75, 3.05) is 19.6 Å². The van der Waals surface area contributed by atoms with Crippen molar-refractivity contribution in [2.24, 2.45) is 5.41 Å². The SMILES string of the molecule is C=C1CC2(C)c3ccccc3N3c4nc5ccccc5nc4N(c4ccccc4)C3C2(C)C2N(c3ccccc3)c3cc4ccccc4cc3N2c2ccccc21. The summed E-state index contributed by atoms with van der Waals surface area (Å²) in [6.45, 7) is 9.99. The maximum absolute atomic E-state index is 5.52. The fourth-order valence-electron chi connectivity index (χ4n) is 10.9. The lowest BCUT2D eigenvalue weighted by molar-refractivity contribution is 0.0791. The van der Waals surface area contributed by atoms with Gasteiger partial charge in [-0.15, -0.1) is 0 Å². The van der Waals surface area contributed by atoms with Crippen molar-refractivity contribution >= 4 is 73.1 Å². The molecule has 4 aliphatic rings. The number of nitrogens with zero attached hydrogens (tertiary/aromatic N) is 6. The van der Waals surface area contributed by atoms with Gasteiger partial charge in [0.1, 0.15) is 12.3 Å². The molecule has 274 valence electrons. The van der Waals surface area contributed by atoms with Crippen LogP contribution in [0.4, 0.5) is 45.8 Å². The fourth-order valence-corrected chi connectivity index (χ4v) is 10.9. The van der Waals surface area contributed by atoms with E-state index in [1.165, 1.54) is 39.0 Å². The van der Waals surface area contributed by atoms with Gasteiger partial charge < -0.3 is 19.6 Å². The molecule has 0 amide bonds. The van der Waals surface area contributed by atoms with Crippen molar-refractivity contribution in [1.29, 1.82) is 0 Å². The molecule has 57 heavy (non-hydrogen) atoms. The molecule has 0 fully saturated rings. The fraction of sp³-hybridized carbons (Fsp3) is 0.137. The lowest BCUT2D eigenvalue weighted by Gasteiger charge is -2.64. The van der Waals surface area contributed by atoms with Gasteiger partial charge in [0.15, 0.2) is 11.6 Å².